The first-order valence-electron chi connectivity index (χ1n) is 7.57. The molecule has 3 N–H and O–H groups in total. The summed E-state index contributed by atoms with van der Waals surface area (Å²) in [6, 6.07) is 0.391. The molecule has 0 aromatic carbocycles. The van der Waals surface area contributed by atoms with Gasteiger partial charge in [0, 0.05) is 12.6 Å². The van der Waals surface area contributed by atoms with Crippen LogP contribution in [0, 0.1) is 17.3 Å². The minimum absolute atomic E-state index is 0.225. The van der Waals surface area contributed by atoms with Gasteiger partial charge in [-0.25, -0.2) is 0 Å². The Hall–Kier alpha value is -0.570. The van der Waals surface area contributed by atoms with Gasteiger partial charge in [-0.15, -0.1) is 0 Å². The highest BCUT2D eigenvalue weighted by Crippen LogP contribution is 2.45. The van der Waals surface area contributed by atoms with E-state index in [9.17, 15) is 4.79 Å². The molecule has 0 bridgehead atoms. The lowest BCUT2D eigenvalue weighted by molar-refractivity contribution is -0.138. The Morgan fingerprint density at radius 2 is 1.89 bits per heavy atom. The Morgan fingerprint density at radius 1 is 1.17 bits per heavy atom. The lowest BCUT2D eigenvalue weighted by atomic mass is 9.62. The molecule has 2 rings (SSSR count). The van der Waals surface area contributed by atoms with E-state index in [0.717, 1.165) is 31.6 Å². The second-order valence-electron chi connectivity index (χ2n) is 6.78. The first-order valence-corrected chi connectivity index (χ1v) is 7.57. The summed E-state index contributed by atoms with van der Waals surface area (Å²) in [5.74, 6) is 1.70. The molecule has 18 heavy (non-hydrogen) atoms. The first-order chi connectivity index (χ1) is 8.55. The zero-order valence-corrected chi connectivity index (χ0v) is 11.9. The van der Waals surface area contributed by atoms with Crippen LogP contribution in [0.4, 0.5) is 0 Å². The van der Waals surface area contributed by atoms with E-state index in [-0.39, 0.29) is 11.3 Å². The average molecular weight is 252 g/mol. The molecule has 2 atom stereocenters. The van der Waals surface area contributed by atoms with Crippen molar-refractivity contribution in [2.45, 2.75) is 64.8 Å². The SMILES string of the molecule is CC1CCCC(NC(=O)C2(CN)CC(C)C2)CC1. The summed E-state index contributed by atoms with van der Waals surface area (Å²) in [5, 5.41) is 3.27. The molecule has 2 aliphatic rings. The zero-order valence-electron chi connectivity index (χ0n) is 11.9. The topological polar surface area (TPSA) is 55.1 Å². The van der Waals surface area contributed by atoms with Crippen molar-refractivity contribution in [3.8, 4) is 0 Å². The molecule has 0 saturated heterocycles. The standard InChI is InChI=1S/C15H28N2O/c1-11-4-3-5-13(7-6-11)17-14(18)15(10-16)8-12(2)9-15/h11-13H,3-10,16H2,1-2H3,(H,17,18). The van der Waals surface area contributed by atoms with Crippen molar-refractivity contribution in [1.82, 2.24) is 5.32 Å². The molecule has 104 valence electrons. The van der Waals surface area contributed by atoms with Crippen LogP contribution >= 0.6 is 0 Å². The monoisotopic (exact) mass is 252 g/mol. The molecule has 0 aliphatic heterocycles. The van der Waals surface area contributed by atoms with Crippen molar-refractivity contribution in [3.05, 3.63) is 0 Å². The van der Waals surface area contributed by atoms with Crippen molar-refractivity contribution in [3.63, 3.8) is 0 Å². The largest absolute Gasteiger partial charge is 0.353 e. The van der Waals surface area contributed by atoms with Gasteiger partial charge in [0.05, 0.1) is 5.41 Å². The number of carbonyl (C=O) groups is 1. The van der Waals surface area contributed by atoms with Crippen LogP contribution in [0.15, 0.2) is 0 Å². The Morgan fingerprint density at radius 3 is 2.50 bits per heavy atom. The lowest BCUT2D eigenvalue weighted by Gasteiger charge is -2.44. The Bertz CT molecular complexity index is 297. The van der Waals surface area contributed by atoms with Crippen molar-refractivity contribution in [1.29, 1.82) is 0 Å². The van der Waals surface area contributed by atoms with Crippen molar-refractivity contribution in [2.24, 2.45) is 23.0 Å². The Balaban J connectivity index is 1.86. The Labute approximate surface area is 111 Å². The van der Waals surface area contributed by atoms with Crippen molar-refractivity contribution >= 4 is 5.91 Å². The van der Waals surface area contributed by atoms with Crippen LogP contribution in [0.5, 0.6) is 0 Å². The minimum Gasteiger partial charge on any atom is -0.353 e. The van der Waals surface area contributed by atoms with Crippen LogP contribution in [0.25, 0.3) is 0 Å². The van der Waals surface area contributed by atoms with E-state index in [1.54, 1.807) is 0 Å². The summed E-state index contributed by atoms with van der Waals surface area (Å²) in [6.07, 6.45) is 8.03. The fourth-order valence-electron chi connectivity index (χ4n) is 3.69. The van der Waals surface area contributed by atoms with E-state index in [2.05, 4.69) is 19.2 Å². The number of carbonyl (C=O) groups excluding carboxylic acids is 1. The number of nitrogens with two attached hydrogens (primary N) is 1. The van der Waals surface area contributed by atoms with E-state index >= 15 is 0 Å². The Kier molecular flexibility index (Phi) is 4.31. The highest BCUT2D eigenvalue weighted by molar-refractivity contribution is 5.84. The van der Waals surface area contributed by atoms with Crippen LogP contribution in [0.3, 0.4) is 0 Å². The number of nitrogens with one attached hydrogen (secondary N) is 1. The molecule has 1 amide bonds. The van der Waals surface area contributed by atoms with Gasteiger partial charge in [-0.05, 0) is 43.9 Å². The molecular weight excluding hydrogens is 224 g/mol. The second-order valence-corrected chi connectivity index (χ2v) is 6.78. The molecule has 0 aromatic heterocycles. The zero-order chi connectivity index (χ0) is 13.2. The number of rotatable bonds is 3. The summed E-state index contributed by atoms with van der Waals surface area (Å²) in [6.45, 7) is 5.03. The number of hydrogen-bond donors (Lipinski definition) is 2. The van der Waals surface area contributed by atoms with Gasteiger partial charge < -0.3 is 11.1 Å². The van der Waals surface area contributed by atoms with Crippen LogP contribution in [0.1, 0.15) is 58.8 Å². The van der Waals surface area contributed by atoms with E-state index in [4.69, 9.17) is 5.73 Å². The van der Waals surface area contributed by atoms with Gasteiger partial charge in [-0.1, -0.05) is 26.7 Å². The molecule has 3 nitrogen and oxygen atoms in total. The fraction of sp³-hybridized carbons (Fsp3) is 0.933. The maximum atomic E-state index is 12.4. The van der Waals surface area contributed by atoms with Gasteiger partial charge in [0.1, 0.15) is 0 Å². The maximum Gasteiger partial charge on any atom is 0.227 e. The summed E-state index contributed by atoms with van der Waals surface area (Å²) < 4.78 is 0. The van der Waals surface area contributed by atoms with Gasteiger partial charge in [-0.3, -0.25) is 4.79 Å². The predicted molar refractivity (Wildman–Crippen MR) is 74.1 cm³/mol. The fourth-order valence-corrected chi connectivity index (χ4v) is 3.69. The maximum absolute atomic E-state index is 12.4. The van der Waals surface area contributed by atoms with E-state index < -0.39 is 0 Å². The van der Waals surface area contributed by atoms with Crippen LogP contribution in [-0.4, -0.2) is 18.5 Å². The molecule has 2 aliphatic carbocycles. The van der Waals surface area contributed by atoms with Gasteiger partial charge in [-0.2, -0.15) is 0 Å². The quantitative estimate of drug-likeness (QED) is 0.758. The number of hydrogen-bond acceptors (Lipinski definition) is 2. The molecule has 0 aromatic rings. The minimum atomic E-state index is -0.239. The van der Waals surface area contributed by atoms with E-state index in [0.29, 0.717) is 18.5 Å². The highest BCUT2D eigenvalue weighted by atomic mass is 16.2. The van der Waals surface area contributed by atoms with Gasteiger partial charge in [0.15, 0.2) is 0 Å². The van der Waals surface area contributed by atoms with Crippen LogP contribution in [-0.2, 0) is 4.79 Å². The smallest absolute Gasteiger partial charge is 0.227 e. The molecule has 2 fully saturated rings. The van der Waals surface area contributed by atoms with E-state index in [1.807, 2.05) is 0 Å². The molecule has 2 saturated carbocycles. The third-order valence-corrected chi connectivity index (χ3v) is 4.94. The average Bonchev–Trinajstić information content (AvgIpc) is 2.50. The third-order valence-electron chi connectivity index (χ3n) is 4.94. The third kappa shape index (κ3) is 2.87. The highest BCUT2D eigenvalue weighted by Gasteiger charge is 2.47. The first kappa shape index (κ1) is 13.9. The predicted octanol–water partition coefficient (Wildman–Crippen LogP) is 2.45. The molecule has 0 spiro atoms. The van der Waals surface area contributed by atoms with Gasteiger partial charge in [0.2, 0.25) is 5.91 Å². The van der Waals surface area contributed by atoms with Gasteiger partial charge >= 0.3 is 0 Å². The summed E-state index contributed by atoms with van der Waals surface area (Å²) >= 11 is 0. The van der Waals surface area contributed by atoms with Crippen molar-refractivity contribution < 1.29 is 4.79 Å². The van der Waals surface area contributed by atoms with Crippen molar-refractivity contribution in [2.75, 3.05) is 6.54 Å². The molecule has 3 heteroatoms. The molecule has 2 unspecified atom stereocenters. The van der Waals surface area contributed by atoms with Crippen LogP contribution < -0.4 is 11.1 Å². The van der Waals surface area contributed by atoms with Crippen LogP contribution in [0.2, 0.25) is 0 Å². The normalized spacial score (nSPS) is 40.7. The second kappa shape index (κ2) is 5.60. The lowest BCUT2D eigenvalue weighted by Crippen LogP contribution is -2.55. The molecule has 0 radical (unpaired) electrons. The summed E-state index contributed by atoms with van der Waals surface area (Å²) in [4.78, 5) is 12.4. The van der Waals surface area contributed by atoms with Gasteiger partial charge in [0.25, 0.3) is 0 Å². The summed E-state index contributed by atoms with van der Waals surface area (Å²) in [7, 11) is 0. The molecular formula is C15H28N2O. The number of amides is 1. The van der Waals surface area contributed by atoms with E-state index in [1.165, 1.54) is 19.3 Å². The summed E-state index contributed by atoms with van der Waals surface area (Å²) in [5.41, 5.74) is 5.59. The molecule has 0 heterocycles.